The average Bonchev–Trinajstić information content (AvgIpc) is 2.86. The summed E-state index contributed by atoms with van der Waals surface area (Å²) in [6, 6.07) is 0. The molecule has 0 saturated carbocycles. The molecule has 21 heavy (non-hydrogen) atoms. The summed E-state index contributed by atoms with van der Waals surface area (Å²) in [5.74, 6) is -1.10. The lowest BCUT2D eigenvalue weighted by Crippen LogP contribution is -2.32. The molecule has 0 spiro atoms. The predicted molar refractivity (Wildman–Crippen MR) is 73.0 cm³/mol. The fraction of sp³-hybridized carbons (Fsp3) is 0.462. The van der Waals surface area contributed by atoms with Gasteiger partial charge in [0.1, 0.15) is 12.4 Å². The van der Waals surface area contributed by atoms with Crippen molar-refractivity contribution < 1.29 is 14.5 Å². The zero-order valence-corrected chi connectivity index (χ0v) is 12.1. The molecule has 0 aliphatic carbocycles. The molecule has 2 heterocycles. The van der Waals surface area contributed by atoms with Crippen molar-refractivity contribution in [1.29, 1.82) is 0 Å². The van der Waals surface area contributed by atoms with Gasteiger partial charge in [-0.05, 0) is 15.3 Å². The van der Waals surface area contributed by atoms with E-state index in [4.69, 9.17) is 0 Å². The number of carbonyl (C=O) groups excluding carboxylic acids is 2. The summed E-state index contributed by atoms with van der Waals surface area (Å²) in [5, 5.41) is 11.1. The number of nitro groups is 1. The van der Waals surface area contributed by atoms with E-state index in [0.29, 0.717) is 12.1 Å². The smallest absolute Gasteiger partial charge is 0.358 e. The van der Waals surface area contributed by atoms with Crippen molar-refractivity contribution in [2.24, 2.45) is 5.41 Å². The van der Waals surface area contributed by atoms with Crippen LogP contribution in [0.25, 0.3) is 0 Å². The van der Waals surface area contributed by atoms with E-state index >= 15 is 0 Å². The molecule has 8 heteroatoms. The van der Waals surface area contributed by atoms with Crippen LogP contribution in [0, 0.1) is 15.5 Å². The standard InChI is InChI=1S/C13H16N4O4/c1-13(2,3)6-9-12(17(20)21)14-7-15(9)8-16-10(18)4-5-11(16)19/h4-5,7H,6,8H2,1-3H3. The lowest BCUT2D eigenvalue weighted by molar-refractivity contribution is -0.390. The minimum absolute atomic E-state index is 0.0725. The predicted octanol–water partition coefficient (Wildman–Crippen LogP) is 1.26. The molecule has 0 radical (unpaired) electrons. The molecule has 0 saturated heterocycles. The summed E-state index contributed by atoms with van der Waals surface area (Å²) in [6.45, 7) is 5.77. The number of imide groups is 1. The molecule has 8 nitrogen and oxygen atoms in total. The van der Waals surface area contributed by atoms with Gasteiger partial charge in [-0.15, -0.1) is 0 Å². The number of carbonyl (C=O) groups is 2. The molecule has 0 unspecified atom stereocenters. The Morgan fingerprint density at radius 3 is 2.29 bits per heavy atom. The van der Waals surface area contributed by atoms with E-state index in [1.807, 2.05) is 20.8 Å². The van der Waals surface area contributed by atoms with Crippen LogP contribution in [0.2, 0.25) is 0 Å². The average molecular weight is 292 g/mol. The summed E-state index contributed by atoms with van der Waals surface area (Å²) in [6.07, 6.45) is 4.05. The first-order valence-electron chi connectivity index (χ1n) is 6.41. The highest BCUT2D eigenvalue weighted by molar-refractivity contribution is 6.12. The number of nitrogens with zero attached hydrogens (tertiary/aromatic N) is 4. The minimum atomic E-state index is -0.552. The molecule has 2 rings (SSSR count). The third kappa shape index (κ3) is 3.15. The second kappa shape index (κ2) is 5.12. The lowest BCUT2D eigenvalue weighted by Gasteiger charge is -2.20. The molecule has 112 valence electrons. The van der Waals surface area contributed by atoms with Crippen LogP contribution in [-0.4, -0.2) is 31.2 Å². The maximum atomic E-state index is 11.6. The largest absolute Gasteiger partial charge is 0.384 e. The van der Waals surface area contributed by atoms with Crippen molar-refractivity contribution in [3.05, 3.63) is 34.3 Å². The topological polar surface area (TPSA) is 98.3 Å². The van der Waals surface area contributed by atoms with Gasteiger partial charge in [-0.2, -0.15) is 0 Å². The van der Waals surface area contributed by atoms with Crippen LogP contribution in [0.1, 0.15) is 26.5 Å². The summed E-state index contributed by atoms with van der Waals surface area (Å²) in [7, 11) is 0. The molecule has 0 bridgehead atoms. The van der Waals surface area contributed by atoms with Crippen molar-refractivity contribution in [2.75, 3.05) is 0 Å². The van der Waals surface area contributed by atoms with E-state index < -0.39 is 16.7 Å². The highest BCUT2D eigenvalue weighted by Gasteiger charge is 2.30. The van der Waals surface area contributed by atoms with E-state index in [0.717, 1.165) is 4.90 Å². The zero-order valence-electron chi connectivity index (χ0n) is 12.1. The Hall–Kier alpha value is -2.51. The molecule has 1 aliphatic heterocycles. The number of rotatable bonds is 4. The third-order valence-corrected chi connectivity index (χ3v) is 2.99. The molecule has 0 atom stereocenters. The Morgan fingerprint density at radius 2 is 1.81 bits per heavy atom. The van der Waals surface area contributed by atoms with Gasteiger partial charge in [0.05, 0.1) is 0 Å². The van der Waals surface area contributed by atoms with Crippen molar-refractivity contribution in [1.82, 2.24) is 14.5 Å². The van der Waals surface area contributed by atoms with E-state index in [9.17, 15) is 19.7 Å². The van der Waals surface area contributed by atoms with E-state index in [1.54, 1.807) is 0 Å². The summed E-state index contributed by atoms with van der Waals surface area (Å²) >= 11 is 0. The molecule has 1 aromatic heterocycles. The van der Waals surface area contributed by atoms with Crippen molar-refractivity contribution >= 4 is 17.6 Å². The Labute approximate surface area is 121 Å². The second-order valence-electron chi connectivity index (χ2n) is 6.06. The SMILES string of the molecule is CC(C)(C)Cc1c([N+](=O)[O-])ncn1CN1C(=O)C=CC1=O. The first kappa shape index (κ1) is 14.9. The molecule has 0 N–H and O–H groups in total. The van der Waals surface area contributed by atoms with Gasteiger partial charge in [0.25, 0.3) is 11.8 Å². The van der Waals surface area contributed by atoms with Gasteiger partial charge < -0.3 is 10.1 Å². The van der Waals surface area contributed by atoms with Gasteiger partial charge in [-0.3, -0.25) is 19.1 Å². The Balaban J connectivity index is 2.33. The number of hydrogen-bond acceptors (Lipinski definition) is 5. The van der Waals surface area contributed by atoms with E-state index in [-0.39, 0.29) is 17.9 Å². The highest BCUT2D eigenvalue weighted by Crippen LogP contribution is 2.27. The molecule has 0 fully saturated rings. The third-order valence-electron chi connectivity index (χ3n) is 2.99. The highest BCUT2D eigenvalue weighted by atomic mass is 16.6. The van der Waals surface area contributed by atoms with Crippen molar-refractivity contribution in [2.45, 2.75) is 33.9 Å². The monoisotopic (exact) mass is 292 g/mol. The lowest BCUT2D eigenvalue weighted by atomic mass is 9.90. The van der Waals surface area contributed by atoms with E-state index in [1.165, 1.54) is 23.0 Å². The van der Waals surface area contributed by atoms with E-state index in [2.05, 4.69) is 4.98 Å². The van der Waals surface area contributed by atoms with Crippen LogP contribution in [0.15, 0.2) is 18.5 Å². The molecule has 1 aliphatic rings. The minimum Gasteiger partial charge on any atom is -0.358 e. The molecular formula is C13H16N4O4. The summed E-state index contributed by atoms with van der Waals surface area (Å²) < 4.78 is 1.48. The first-order valence-corrected chi connectivity index (χ1v) is 6.41. The van der Waals surface area contributed by atoms with Gasteiger partial charge in [0.2, 0.25) is 6.33 Å². The Bertz CT molecular complexity index is 621. The van der Waals surface area contributed by atoms with Crippen LogP contribution < -0.4 is 0 Å². The number of aromatic nitrogens is 2. The maximum absolute atomic E-state index is 11.6. The molecular weight excluding hydrogens is 276 g/mol. The first-order chi connectivity index (χ1) is 9.69. The molecule has 2 amide bonds. The fourth-order valence-electron chi connectivity index (χ4n) is 2.08. The normalized spacial score (nSPS) is 15.1. The number of amides is 2. The van der Waals surface area contributed by atoms with Gasteiger partial charge in [0, 0.05) is 18.6 Å². The molecule has 1 aromatic rings. The van der Waals surface area contributed by atoms with Crippen LogP contribution in [0.3, 0.4) is 0 Å². The Kier molecular flexibility index (Phi) is 3.63. The van der Waals surface area contributed by atoms with Gasteiger partial charge in [-0.1, -0.05) is 20.8 Å². The quantitative estimate of drug-likeness (QED) is 0.472. The number of hydrogen-bond donors (Lipinski definition) is 0. The van der Waals surface area contributed by atoms with Gasteiger partial charge in [0.15, 0.2) is 0 Å². The zero-order chi connectivity index (χ0) is 15.8. The van der Waals surface area contributed by atoms with Crippen LogP contribution in [-0.2, 0) is 22.7 Å². The van der Waals surface area contributed by atoms with Gasteiger partial charge in [-0.25, -0.2) is 0 Å². The fourth-order valence-corrected chi connectivity index (χ4v) is 2.08. The van der Waals surface area contributed by atoms with Crippen molar-refractivity contribution in [3.8, 4) is 0 Å². The molecule has 0 aromatic carbocycles. The number of imidazole rings is 1. The summed E-state index contributed by atoms with van der Waals surface area (Å²) in [5.41, 5.74) is 0.208. The maximum Gasteiger partial charge on any atom is 0.384 e. The second-order valence-corrected chi connectivity index (χ2v) is 6.06. The van der Waals surface area contributed by atoms with Crippen LogP contribution in [0.5, 0.6) is 0 Å². The summed E-state index contributed by atoms with van der Waals surface area (Å²) in [4.78, 5) is 38.5. The van der Waals surface area contributed by atoms with Crippen molar-refractivity contribution in [3.63, 3.8) is 0 Å². The van der Waals surface area contributed by atoms with Crippen LogP contribution in [0.4, 0.5) is 5.82 Å². The van der Waals surface area contributed by atoms with Crippen LogP contribution >= 0.6 is 0 Å². The van der Waals surface area contributed by atoms with Gasteiger partial charge >= 0.3 is 5.82 Å². The Morgan fingerprint density at radius 1 is 1.24 bits per heavy atom.